The van der Waals surface area contributed by atoms with Crippen molar-refractivity contribution in [2.24, 2.45) is 0 Å². The van der Waals surface area contributed by atoms with Crippen LogP contribution in [0.25, 0.3) is 0 Å². The van der Waals surface area contributed by atoms with Crippen molar-refractivity contribution in [2.75, 3.05) is 19.1 Å². The second kappa shape index (κ2) is 5.57. The summed E-state index contributed by atoms with van der Waals surface area (Å²) in [6.45, 7) is 1.06. The lowest BCUT2D eigenvalue weighted by Gasteiger charge is -2.35. The molecule has 1 aromatic carbocycles. The number of sulfonamides is 1. The summed E-state index contributed by atoms with van der Waals surface area (Å²) in [5.74, 6) is 0.252. The van der Waals surface area contributed by atoms with Gasteiger partial charge >= 0.3 is 0 Å². The van der Waals surface area contributed by atoms with Crippen molar-refractivity contribution in [3.63, 3.8) is 0 Å². The van der Waals surface area contributed by atoms with Gasteiger partial charge in [-0.2, -0.15) is 0 Å². The fourth-order valence-corrected chi connectivity index (χ4v) is 3.86. The standard InChI is InChI=1S/C12H16ClNO3S/c13-10-12(6-8-17-9-7-12)14-18(15,16)11-4-2-1-3-5-11/h1-5,14H,6-10H2. The number of ether oxygens (including phenoxy) is 1. The Kier molecular flexibility index (Phi) is 4.27. The first-order valence-corrected chi connectivity index (χ1v) is 7.83. The van der Waals surface area contributed by atoms with E-state index in [-0.39, 0.29) is 10.8 Å². The molecule has 0 aliphatic carbocycles. The Morgan fingerprint density at radius 1 is 1.22 bits per heavy atom. The highest BCUT2D eigenvalue weighted by Gasteiger charge is 2.36. The van der Waals surface area contributed by atoms with Crippen LogP contribution >= 0.6 is 11.6 Å². The topological polar surface area (TPSA) is 55.4 Å². The Morgan fingerprint density at radius 2 is 1.83 bits per heavy atom. The van der Waals surface area contributed by atoms with E-state index in [4.69, 9.17) is 16.3 Å². The first-order chi connectivity index (χ1) is 8.58. The average Bonchev–Trinajstić information content (AvgIpc) is 2.40. The van der Waals surface area contributed by atoms with Gasteiger partial charge in [-0.15, -0.1) is 11.6 Å². The van der Waals surface area contributed by atoms with Gasteiger partial charge in [0.05, 0.1) is 10.4 Å². The zero-order chi connectivity index (χ0) is 13.1. The van der Waals surface area contributed by atoms with Crippen LogP contribution in [-0.4, -0.2) is 33.1 Å². The maximum Gasteiger partial charge on any atom is 0.241 e. The highest BCUT2D eigenvalue weighted by molar-refractivity contribution is 7.89. The molecule has 1 aliphatic heterocycles. The smallest absolute Gasteiger partial charge is 0.241 e. The molecule has 1 heterocycles. The Labute approximate surface area is 112 Å². The quantitative estimate of drug-likeness (QED) is 0.859. The van der Waals surface area contributed by atoms with Gasteiger partial charge in [-0.05, 0) is 25.0 Å². The van der Waals surface area contributed by atoms with Crippen molar-refractivity contribution in [2.45, 2.75) is 23.3 Å². The number of halogens is 1. The van der Waals surface area contributed by atoms with Crippen molar-refractivity contribution in [1.29, 1.82) is 0 Å². The molecule has 4 nitrogen and oxygen atoms in total. The van der Waals surface area contributed by atoms with Crippen LogP contribution in [0.4, 0.5) is 0 Å². The zero-order valence-corrected chi connectivity index (χ0v) is 11.5. The van der Waals surface area contributed by atoms with E-state index < -0.39 is 15.6 Å². The number of alkyl halides is 1. The van der Waals surface area contributed by atoms with E-state index in [2.05, 4.69) is 4.72 Å². The van der Waals surface area contributed by atoms with Crippen molar-refractivity contribution < 1.29 is 13.2 Å². The predicted octanol–water partition coefficient (Wildman–Crippen LogP) is 1.75. The van der Waals surface area contributed by atoms with Gasteiger partial charge in [-0.25, -0.2) is 13.1 Å². The molecule has 0 bridgehead atoms. The van der Waals surface area contributed by atoms with E-state index in [1.54, 1.807) is 30.3 Å². The maximum absolute atomic E-state index is 12.3. The monoisotopic (exact) mass is 289 g/mol. The highest BCUT2D eigenvalue weighted by atomic mass is 35.5. The molecule has 6 heteroatoms. The molecule has 1 aliphatic rings. The molecule has 0 unspecified atom stereocenters. The number of hydrogen-bond donors (Lipinski definition) is 1. The summed E-state index contributed by atoms with van der Waals surface area (Å²) in [6, 6.07) is 8.33. The van der Waals surface area contributed by atoms with Crippen LogP contribution in [0.5, 0.6) is 0 Å². The number of hydrogen-bond acceptors (Lipinski definition) is 3. The van der Waals surface area contributed by atoms with Crippen LogP contribution in [0.2, 0.25) is 0 Å². The number of benzene rings is 1. The largest absolute Gasteiger partial charge is 0.381 e. The zero-order valence-electron chi connectivity index (χ0n) is 9.93. The summed E-state index contributed by atoms with van der Waals surface area (Å²) in [4.78, 5) is 0.265. The van der Waals surface area contributed by atoms with E-state index in [9.17, 15) is 8.42 Å². The summed E-state index contributed by atoms with van der Waals surface area (Å²) < 4.78 is 32.5. The van der Waals surface area contributed by atoms with Gasteiger partial charge in [0.15, 0.2) is 0 Å². The van der Waals surface area contributed by atoms with Gasteiger partial charge < -0.3 is 4.74 Å². The number of rotatable bonds is 4. The van der Waals surface area contributed by atoms with Crippen LogP contribution < -0.4 is 4.72 Å². The SMILES string of the molecule is O=S(=O)(NC1(CCl)CCOCC1)c1ccccc1. The third-order valence-electron chi connectivity index (χ3n) is 3.11. The lowest BCUT2D eigenvalue weighted by Crippen LogP contribution is -2.53. The van der Waals surface area contributed by atoms with Crippen LogP contribution in [-0.2, 0) is 14.8 Å². The van der Waals surface area contributed by atoms with Gasteiger partial charge in [-0.1, -0.05) is 18.2 Å². The fraction of sp³-hybridized carbons (Fsp3) is 0.500. The van der Waals surface area contributed by atoms with Crippen molar-refractivity contribution >= 4 is 21.6 Å². The third-order valence-corrected chi connectivity index (χ3v) is 5.22. The summed E-state index contributed by atoms with van der Waals surface area (Å²) in [5.41, 5.74) is -0.589. The minimum absolute atomic E-state index is 0.252. The minimum Gasteiger partial charge on any atom is -0.381 e. The van der Waals surface area contributed by atoms with Crippen LogP contribution in [0.15, 0.2) is 35.2 Å². The van der Waals surface area contributed by atoms with Gasteiger partial charge in [0, 0.05) is 19.1 Å². The van der Waals surface area contributed by atoms with Crippen molar-refractivity contribution in [3.8, 4) is 0 Å². The molecule has 1 aromatic rings. The minimum atomic E-state index is -3.52. The molecule has 0 radical (unpaired) electrons. The molecule has 0 amide bonds. The van der Waals surface area contributed by atoms with Crippen LogP contribution in [0, 0.1) is 0 Å². The summed E-state index contributed by atoms with van der Waals surface area (Å²) in [7, 11) is -3.52. The van der Waals surface area contributed by atoms with E-state index in [1.165, 1.54) is 0 Å². The van der Waals surface area contributed by atoms with Crippen LogP contribution in [0.3, 0.4) is 0 Å². The van der Waals surface area contributed by atoms with E-state index in [1.807, 2.05) is 0 Å². The third kappa shape index (κ3) is 3.03. The Bertz CT molecular complexity index is 483. The van der Waals surface area contributed by atoms with Crippen molar-refractivity contribution in [3.05, 3.63) is 30.3 Å². The maximum atomic E-state index is 12.3. The first kappa shape index (κ1) is 13.8. The second-order valence-corrected chi connectivity index (χ2v) is 6.39. The lowest BCUT2D eigenvalue weighted by atomic mass is 9.94. The average molecular weight is 290 g/mol. The van der Waals surface area contributed by atoms with E-state index in [0.29, 0.717) is 26.1 Å². The van der Waals surface area contributed by atoms with Gasteiger partial charge in [0.2, 0.25) is 10.0 Å². The normalized spacial score (nSPS) is 19.6. The van der Waals surface area contributed by atoms with Gasteiger partial charge in [-0.3, -0.25) is 0 Å². The summed E-state index contributed by atoms with van der Waals surface area (Å²) >= 11 is 5.95. The van der Waals surface area contributed by atoms with E-state index >= 15 is 0 Å². The molecule has 18 heavy (non-hydrogen) atoms. The van der Waals surface area contributed by atoms with Crippen molar-refractivity contribution in [1.82, 2.24) is 4.72 Å². The molecule has 100 valence electrons. The molecule has 0 spiro atoms. The molecular weight excluding hydrogens is 274 g/mol. The second-order valence-electron chi connectivity index (χ2n) is 4.44. The molecule has 2 rings (SSSR count). The summed E-state index contributed by atoms with van der Waals surface area (Å²) in [6.07, 6.45) is 1.20. The Morgan fingerprint density at radius 3 is 2.39 bits per heavy atom. The molecule has 0 atom stereocenters. The molecule has 0 saturated carbocycles. The van der Waals surface area contributed by atoms with Crippen LogP contribution in [0.1, 0.15) is 12.8 Å². The van der Waals surface area contributed by atoms with Gasteiger partial charge in [0.1, 0.15) is 0 Å². The molecule has 1 saturated heterocycles. The Hall–Kier alpha value is -0.620. The first-order valence-electron chi connectivity index (χ1n) is 5.81. The van der Waals surface area contributed by atoms with Gasteiger partial charge in [0.25, 0.3) is 0 Å². The molecule has 1 fully saturated rings. The molecule has 0 aromatic heterocycles. The fourth-order valence-electron chi connectivity index (χ4n) is 1.97. The predicted molar refractivity (Wildman–Crippen MR) is 70.3 cm³/mol. The van der Waals surface area contributed by atoms with E-state index in [0.717, 1.165) is 0 Å². The lowest BCUT2D eigenvalue weighted by molar-refractivity contribution is 0.0549. The number of nitrogens with one attached hydrogen (secondary N) is 1. The Balaban J connectivity index is 2.21. The molecule has 1 N–H and O–H groups in total. The highest BCUT2D eigenvalue weighted by Crippen LogP contribution is 2.24. The molecular formula is C12H16ClNO3S. The summed E-state index contributed by atoms with van der Waals surface area (Å²) in [5, 5.41) is 0.